The summed E-state index contributed by atoms with van der Waals surface area (Å²) in [4.78, 5) is 16.0. The Morgan fingerprint density at radius 1 is 0.970 bits per heavy atom. The third-order valence-electron chi connectivity index (χ3n) is 5.21. The summed E-state index contributed by atoms with van der Waals surface area (Å²) >= 11 is 0. The summed E-state index contributed by atoms with van der Waals surface area (Å²) in [6, 6.07) is 15.5. The number of halogens is 4. The number of nitrogens with zero attached hydrogens (tertiary/aromatic N) is 1. The van der Waals surface area contributed by atoms with Gasteiger partial charge in [0.15, 0.2) is 0 Å². The lowest BCUT2D eigenvalue weighted by atomic mass is 9.99. The summed E-state index contributed by atoms with van der Waals surface area (Å²) in [5.74, 6) is -1.93. The third-order valence-corrected chi connectivity index (χ3v) is 5.21. The predicted octanol–water partition coefficient (Wildman–Crippen LogP) is 6.86. The Hall–Kier alpha value is -3.94. The normalized spacial score (nSPS) is 11.5. The van der Waals surface area contributed by atoms with Crippen LogP contribution in [0.15, 0.2) is 66.7 Å². The Morgan fingerprint density at radius 3 is 2.27 bits per heavy atom. The Bertz CT molecular complexity index is 1350. The number of fused-ring (bicyclic) bond motifs is 1. The molecule has 0 saturated heterocycles. The fourth-order valence-corrected chi connectivity index (χ4v) is 3.61. The summed E-state index contributed by atoms with van der Waals surface area (Å²) in [5.41, 5.74) is 1.15. The molecule has 4 nitrogen and oxygen atoms in total. The molecule has 4 rings (SSSR count). The van der Waals surface area contributed by atoms with Gasteiger partial charge in [0.1, 0.15) is 5.82 Å². The zero-order valence-electron chi connectivity index (χ0n) is 17.4. The first-order chi connectivity index (χ1) is 15.7. The molecule has 0 bridgehead atoms. The minimum atomic E-state index is -4.62. The van der Waals surface area contributed by atoms with Crippen molar-refractivity contribution in [2.45, 2.75) is 13.1 Å². The average molecular weight is 454 g/mol. The topological polar surface area (TPSA) is 62.2 Å². The first-order valence-corrected chi connectivity index (χ1v) is 10.1. The van der Waals surface area contributed by atoms with E-state index in [1.807, 2.05) is 19.1 Å². The highest BCUT2D eigenvalue weighted by molar-refractivity contribution is 6.04. The number of carboxylic acid groups (broad SMARTS) is 1. The molecule has 0 unspecified atom stereocenters. The van der Waals surface area contributed by atoms with Crippen LogP contribution in [0.4, 0.5) is 23.2 Å². The molecule has 1 aromatic heterocycles. The van der Waals surface area contributed by atoms with Gasteiger partial charge in [0.2, 0.25) is 0 Å². The molecular formula is C25H18F4N2O2. The van der Waals surface area contributed by atoms with E-state index in [1.54, 1.807) is 24.3 Å². The van der Waals surface area contributed by atoms with Crippen LogP contribution in [0.25, 0.3) is 33.3 Å². The van der Waals surface area contributed by atoms with Gasteiger partial charge in [-0.25, -0.2) is 14.2 Å². The van der Waals surface area contributed by atoms with Crippen LogP contribution in [-0.2, 0) is 6.18 Å². The Kier molecular flexibility index (Phi) is 5.76. The highest BCUT2D eigenvalue weighted by Crippen LogP contribution is 2.34. The molecule has 3 aromatic carbocycles. The summed E-state index contributed by atoms with van der Waals surface area (Å²) in [6.45, 7) is 2.73. The summed E-state index contributed by atoms with van der Waals surface area (Å²) in [7, 11) is 0. The number of alkyl halides is 3. The number of rotatable bonds is 5. The summed E-state index contributed by atoms with van der Waals surface area (Å²) < 4.78 is 54.1. The maximum Gasteiger partial charge on any atom is 0.416 e. The van der Waals surface area contributed by atoms with Crippen LogP contribution in [0.1, 0.15) is 22.8 Å². The average Bonchev–Trinajstić information content (AvgIpc) is 2.78. The van der Waals surface area contributed by atoms with Gasteiger partial charge in [-0.3, -0.25) is 0 Å². The van der Waals surface area contributed by atoms with Gasteiger partial charge in [-0.05, 0) is 55.0 Å². The second-order valence-electron chi connectivity index (χ2n) is 7.39. The van der Waals surface area contributed by atoms with Crippen molar-refractivity contribution >= 4 is 22.6 Å². The van der Waals surface area contributed by atoms with Crippen molar-refractivity contribution < 1.29 is 27.5 Å². The van der Waals surface area contributed by atoms with Crippen LogP contribution < -0.4 is 5.32 Å². The van der Waals surface area contributed by atoms with Crippen molar-refractivity contribution in [3.63, 3.8) is 0 Å². The van der Waals surface area contributed by atoms with E-state index in [0.717, 1.165) is 36.5 Å². The standard InChI is InChI=1S/C25H18F4N2O2/c1-2-30-17-7-3-14(4-8-17)18-9-5-15(11-21(18)26)23-13-20(24(32)33)19-12-16(25(27,28)29)6-10-22(19)31-23/h3-13,30H,2H2,1H3,(H,32,33). The minimum Gasteiger partial charge on any atom is -0.478 e. The molecule has 4 aromatic rings. The maximum atomic E-state index is 14.9. The Morgan fingerprint density at radius 2 is 1.67 bits per heavy atom. The number of hydrogen-bond acceptors (Lipinski definition) is 3. The van der Waals surface area contributed by atoms with E-state index in [9.17, 15) is 27.5 Å². The second kappa shape index (κ2) is 8.54. The van der Waals surface area contributed by atoms with Crippen LogP contribution >= 0.6 is 0 Å². The van der Waals surface area contributed by atoms with Gasteiger partial charge in [0.25, 0.3) is 0 Å². The van der Waals surface area contributed by atoms with Crippen LogP contribution in [0.2, 0.25) is 0 Å². The zero-order valence-corrected chi connectivity index (χ0v) is 17.4. The van der Waals surface area contributed by atoms with Crippen LogP contribution in [0.5, 0.6) is 0 Å². The van der Waals surface area contributed by atoms with Crippen LogP contribution in [0, 0.1) is 5.82 Å². The number of aromatic nitrogens is 1. The van der Waals surface area contributed by atoms with Gasteiger partial charge in [-0.2, -0.15) is 13.2 Å². The van der Waals surface area contributed by atoms with Gasteiger partial charge in [-0.1, -0.05) is 24.3 Å². The minimum absolute atomic E-state index is 0.0707. The fourth-order valence-electron chi connectivity index (χ4n) is 3.61. The molecule has 8 heteroatoms. The second-order valence-corrected chi connectivity index (χ2v) is 7.39. The third kappa shape index (κ3) is 4.50. The van der Waals surface area contributed by atoms with Crippen molar-refractivity contribution in [1.29, 1.82) is 0 Å². The quantitative estimate of drug-likeness (QED) is 0.324. The van der Waals surface area contributed by atoms with Crippen molar-refractivity contribution in [1.82, 2.24) is 4.98 Å². The molecule has 0 aliphatic heterocycles. The molecule has 33 heavy (non-hydrogen) atoms. The van der Waals surface area contributed by atoms with Crippen molar-refractivity contribution in [2.75, 3.05) is 11.9 Å². The van der Waals surface area contributed by atoms with Crippen molar-refractivity contribution in [2.24, 2.45) is 0 Å². The lowest BCUT2D eigenvalue weighted by Crippen LogP contribution is -2.06. The lowest BCUT2D eigenvalue weighted by Gasteiger charge is -2.12. The predicted molar refractivity (Wildman–Crippen MR) is 119 cm³/mol. The highest BCUT2D eigenvalue weighted by atomic mass is 19.4. The number of carbonyl (C=O) groups is 1. The number of anilines is 1. The van der Waals surface area contributed by atoms with Crippen molar-refractivity contribution in [3.05, 3.63) is 83.7 Å². The van der Waals surface area contributed by atoms with Gasteiger partial charge in [-0.15, -0.1) is 0 Å². The van der Waals surface area contributed by atoms with E-state index in [4.69, 9.17) is 0 Å². The molecule has 168 valence electrons. The molecule has 0 radical (unpaired) electrons. The van der Waals surface area contributed by atoms with Gasteiger partial charge >= 0.3 is 12.1 Å². The first-order valence-electron chi connectivity index (χ1n) is 10.1. The molecule has 0 atom stereocenters. The smallest absolute Gasteiger partial charge is 0.416 e. The number of benzene rings is 3. The maximum absolute atomic E-state index is 14.9. The lowest BCUT2D eigenvalue weighted by molar-refractivity contribution is -0.137. The summed E-state index contributed by atoms with van der Waals surface area (Å²) in [5, 5.41) is 12.6. The molecule has 0 saturated carbocycles. The molecule has 0 amide bonds. The highest BCUT2D eigenvalue weighted by Gasteiger charge is 2.31. The molecular weight excluding hydrogens is 436 g/mol. The molecule has 0 fully saturated rings. The monoisotopic (exact) mass is 454 g/mol. The van der Waals surface area contributed by atoms with E-state index >= 15 is 0 Å². The molecule has 1 heterocycles. The Balaban J connectivity index is 1.77. The van der Waals surface area contributed by atoms with Crippen molar-refractivity contribution in [3.8, 4) is 22.4 Å². The SMILES string of the molecule is CCNc1ccc(-c2ccc(-c3cc(C(=O)O)c4cc(C(F)(F)F)ccc4n3)cc2F)cc1. The van der Waals surface area contributed by atoms with Gasteiger partial charge < -0.3 is 10.4 Å². The number of hydrogen-bond donors (Lipinski definition) is 2. The van der Waals surface area contributed by atoms with E-state index in [2.05, 4.69) is 10.3 Å². The van der Waals surface area contributed by atoms with Crippen LogP contribution in [0.3, 0.4) is 0 Å². The van der Waals surface area contributed by atoms with E-state index in [0.29, 0.717) is 16.7 Å². The summed E-state index contributed by atoms with van der Waals surface area (Å²) in [6.07, 6.45) is -4.62. The first kappa shape index (κ1) is 22.3. The zero-order chi connectivity index (χ0) is 23.8. The van der Waals surface area contributed by atoms with Gasteiger partial charge in [0.05, 0.1) is 22.3 Å². The van der Waals surface area contributed by atoms with E-state index in [1.165, 1.54) is 6.07 Å². The number of pyridine rings is 1. The Labute approximate surface area is 186 Å². The van der Waals surface area contributed by atoms with Gasteiger partial charge in [0, 0.05) is 28.7 Å². The van der Waals surface area contributed by atoms with E-state index < -0.39 is 23.5 Å². The largest absolute Gasteiger partial charge is 0.478 e. The number of carboxylic acids is 1. The molecule has 2 N–H and O–H groups in total. The van der Waals surface area contributed by atoms with E-state index in [-0.39, 0.29) is 22.2 Å². The number of nitrogens with one attached hydrogen (secondary N) is 1. The molecule has 0 aliphatic rings. The molecule has 0 spiro atoms. The fraction of sp³-hybridized carbons (Fsp3) is 0.120. The number of aromatic carboxylic acids is 1. The molecule has 0 aliphatic carbocycles. The van der Waals surface area contributed by atoms with Crippen LogP contribution in [-0.4, -0.2) is 22.6 Å².